The summed E-state index contributed by atoms with van der Waals surface area (Å²) in [5.41, 5.74) is 1.91. The molecule has 0 saturated carbocycles. The Bertz CT molecular complexity index is 743. The van der Waals surface area contributed by atoms with Crippen LogP contribution < -0.4 is 20.1 Å². The summed E-state index contributed by atoms with van der Waals surface area (Å²) in [6, 6.07) is 8.98. The first-order chi connectivity index (χ1) is 12.7. The Morgan fingerprint density at radius 2 is 2.15 bits per heavy atom. The van der Waals surface area contributed by atoms with Crippen molar-refractivity contribution in [3.05, 3.63) is 42.2 Å². The van der Waals surface area contributed by atoms with Crippen LogP contribution >= 0.6 is 0 Å². The van der Waals surface area contributed by atoms with Crippen molar-refractivity contribution in [1.82, 2.24) is 10.3 Å². The lowest BCUT2D eigenvalue weighted by atomic mass is 10.2. The van der Waals surface area contributed by atoms with Gasteiger partial charge in [-0.15, -0.1) is 0 Å². The maximum absolute atomic E-state index is 12.2. The van der Waals surface area contributed by atoms with E-state index < -0.39 is 0 Å². The molecular formula is C19H23N3O4. The molecule has 2 N–H and O–H groups in total. The number of hydrogen-bond acceptors (Lipinski definition) is 6. The van der Waals surface area contributed by atoms with Crippen molar-refractivity contribution in [3.8, 4) is 11.5 Å². The van der Waals surface area contributed by atoms with Gasteiger partial charge in [0.2, 0.25) is 0 Å². The Labute approximate surface area is 152 Å². The number of carbonyl (C=O) groups is 1. The van der Waals surface area contributed by atoms with Crippen LogP contribution in [-0.4, -0.2) is 44.4 Å². The molecule has 2 heterocycles. The van der Waals surface area contributed by atoms with Gasteiger partial charge < -0.3 is 24.8 Å². The summed E-state index contributed by atoms with van der Waals surface area (Å²) < 4.78 is 16.1. The maximum atomic E-state index is 12.2. The molecule has 1 aliphatic heterocycles. The lowest BCUT2D eigenvalue weighted by Crippen LogP contribution is -2.32. The second-order valence-corrected chi connectivity index (χ2v) is 5.97. The second kappa shape index (κ2) is 8.53. The van der Waals surface area contributed by atoms with Gasteiger partial charge in [0.1, 0.15) is 17.2 Å². The predicted molar refractivity (Wildman–Crippen MR) is 98.4 cm³/mol. The fourth-order valence-corrected chi connectivity index (χ4v) is 2.76. The number of methoxy groups -OCH3 is 2. The van der Waals surface area contributed by atoms with Crippen LogP contribution in [0.25, 0.3) is 0 Å². The molecule has 1 saturated heterocycles. The standard InChI is InChI=1S/C19H23N3O4/c1-24-14-6-8-16(18(10-14)25-2)22-13-5-7-17(20-11-13)19(23)21-12-15-4-3-9-26-15/h5-8,10-11,15,22H,3-4,9,12H2,1-2H3,(H,21,23). The van der Waals surface area contributed by atoms with Crippen LogP contribution in [0.5, 0.6) is 11.5 Å². The molecule has 138 valence electrons. The quantitative estimate of drug-likeness (QED) is 0.793. The van der Waals surface area contributed by atoms with Gasteiger partial charge in [-0.2, -0.15) is 0 Å². The topological polar surface area (TPSA) is 81.7 Å². The number of nitrogens with zero attached hydrogens (tertiary/aromatic N) is 1. The molecule has 2 aromatic rings. The summed E-state index contributed by atoms with van der Waals surface area (Å²) >= 11 is 0. The molecule has 0 spiro atoms. The molecule has 1 aromatic carbocycles. The Morgan fingerprint density at radius 3 is 2.81 bits per heavy atom. The van der Waals surface area contributed by atoms with Crippen LogP contribution in [0.2, 0.25) is 0 Å². The van der Waals surface area contributed by atoms with E-state index in [9.17, 15) is 4.79 Å². The molecule has 0 radical (unpaired) electrons. The number of hydrogen-bond donors (Lipinski definition) is 2. The molecular weight excluding hydrogens is 334 g/mol. The highest BCUT2D eigenvalue weighted by molar-refractivity contribution is 5.92. The molecule has 26 heavy (non-hydrogen) atoms. The molecule has 1 aromatic heterocycles. The summed E-state index contributed by atoms with van der Waals surface area (Å²) in [6.45, 7) is 1.29. The highest BCUT2D eigenvalue weighted by atomic mass is 16.5. The first kappa shape index (κ1) is 18.0. The Hall–Kier alpha value is -2.80. The van der Waals surface area contributed by atoms with E-state index in [2.05, 4.69) is 15.6 Å². The van der Waals surface area contributed by atoms with E-state index in [1.165, 1.54) is 0 Å². The normalized spacial score (nSPS) is 16.2. The number of benzene rings is 1. The van der Waals surface area contributed by atoms with Crippen LogP contribution in [0.15, 0.2) is 36.5 Å². The van der Waals surface area contributed by atoms with Crippen molar-refractivity contribution in [2.75, 3.05) is 32.7 Å². The molecule has 7 heteroatoms. The lowest BCUT2D eigenvalue weighted by molar-refractivity contribution is 0.0854. The number of carbonyl (C=O) groups excluding carboxylic acids is 1. The Kier molecular flexibility index (Phi) is 5.91. The van der Waals surface area contributed by atoms with Crippen molar-refractivity contribution < 1.29 is 19.0 Å². The zero-order valence-corrected chi connectivity index (χ0v) is 15.0. The maximum Gasteiger partial charge on any atom is 0.269 e. The first-order valence-corrected chi connectivity index (χ1v) is 8.54. The van der Waals surface area contributed by atoms with Crippen LogP contribution in [-0.2, 0) is 4.74 Å². The first-order valence-electron chi connectivity index (χ1n) is 8.54. The van der Waals surface area contributed by atoms with Gasteiger partial charge in [-0.3, -0.25) is 4.79 Å². The number of pyridine rings is 1. The minimum atomic E-state index is -0.200. The molecule has 0 bridgehead atoms. The Balaban J connectivity index is 1.61. The average Bonchev–Trinajstić information content (AvgIpc) is 3.20. The van der Waals surface area contributed by atoms with Gasteiger partial charge in [0.25, 0.3) is 5.91 Å². The van der Waals surface area contributed by atoms with Gasteiger partial charge in [-0.05, 0) is 37.1 Å². The molecule has 3 rings (SSSR count). The van der Waals surface area contributed by atoms with Crippen LogP contribution in [0, 0.1) is 0 Å². The summed E-state index contributed by atoms with van der Waals surface area (Å²) in [6.07, 6.45) is 3.77. The molecule has 1 amide bonds. The predicted octanol–water partition coefficient (Wildman–Crippen LogP) is 2.75. The third-order valence-electron chi connectivity index (χ3n) is 4.20. The zero-order valence-electron chi connectivity index (χ0n) is 15.0. The van der Waals surface area contributed by atoms with Crippen molar-refractivity contribution in [2.45, 2.75) is 18.9 Å². The van der Waals surface area contributed by atoms with Gasteiger partial charge in [-0.1, -0.05) is 0 Å². The van der Waals surface area contributed by atoms with E-state index in [4.69, 9.17) is 14.2 Å². The highest BCUT2D eigenvalue weighted by Crippen LogP contribution is 2.31. The average molecular weight is 357 g/mol. The molecule has 0 aliphatic carbocycles. The van der Waals surface area contributed by atoms with E-state index in [0.717, 1.165) is 30.8 Å². The zero-order chi connectivity index (χ0) is 18.4. The second-order valence-electron chi connectivity index (χ2n) is 5.97. The van der Waals surface area contributed by atoms with Gasteiger partial charge in [0.15, 0.2) is 0 Å². The monoisotopic (exact) mass is 357 g/mol. The van der Waals surface area contributed by atoms with E-state index in [0.29, 0.717) is 23.7 Å². The van der Waals surface area contributed by atoms with Gasteiger partial charge in [0.05, 0.1) is 37.9 Å². The number of anilines is 2. The molecule has 1 aliphatic rings. The summed E-state index contributed by atoms with van der Waals surface area (Å²) in [4.78, 5) is 16.4. The van der Waals surface area contributed by atoms with Gasteiger partial charge in [0, 0.05) is 19.2 Å². The minimum absolute atomic E-state index is 0.113. The molecule has 1 fully saturated rings. The number of amides is 1. The summed E-state index contributed by atoms with van der Waals surface area (Å²) in [7, 11) is 3.20. The number of nitrogens with one attached hydrogen (secondary N) is 2. The minimum Gasteiger partial charge on any atom is -0.497 e. The number of ether oxygens (including phenoxy) is 3. The highest BCUT2D eigenvalue weighted by Gasteiger charge is 2.17. The largest absolute Gasteiger partial charge is 0.497 e. The van der Waals surface area contributed by atoms with Crippen LogP contribution in [0.1, 0.15) is 23.3 Å². The van der Waals surface area contributed by atoms with Crippen LogP contribution in [0.4, 0.5) is 11.4 Å². The molecule has 7 nitrogen and oxygen atoms in total. The number of aromatic nitrogens is 1. The van der Waals surface area contributed by atoms with Crippen molar-refractivity contribution in [3.63, 3.8) is 0 Å². The van der Waals surface area contributed by atoms with E-state index in [1.807, 2.05) is 12.1 Å². The van der Waals surface area contributed by atoms with E-state index in [-0.39, 0.29) is 12.0 Å². The summed E-state index contributed by atoms with van der Waals surface area (Å²) in [5.74, 6) is 1.17. The van der Waals surface area contributed by atoms with E-state index >= 15 is 0 Å². The third-order valence-corrected chi connectivity index (χ3v) is 4.20. The molecule has 1 unspecified atom stereocenters. The van der Waals surface area contributed by atoms with Crippen molar-refractivity contribution in [1.29, 1.82) is 0 Å². The van der Waals surface area contributed by atoms with Gasteiger partial charge >= 0.3 is 0 Å². The molecule has 1 atom stereocenters. The smallest absolute Gasteiger partial charge is 0.269 e. The van der Waals surface area contributed by atoms with Crippen molar-refractivity contribution >= 4 is 17.3 Å². The third kappa shape index (κ3) is 4.43. The SMILES string of the molecule is COc1ccc(Nc2ccc(C(=O)NCC3CCCO3)nc2)c(OC)c1. The van der Waals surface area contributed by atoms with Crippen molar-refractivity contribution in [2.24, 2.45) is 0 Å². The fraction of sp³-hybridized carbons (Fsp3) is 0.368. The fourth-order valence-electron chi connectivity index (χ4n) is 2.76. The summed E-state index contributed by atoms with van der Waals surface area (Å²) in [5, 5.41) is 6.08. The lowest BCUT2D eigenvalue weighted by Gasteiger charge is -2.13. The number of rotatable bonds is 7. The van der Waals surface area contributed by atoms with E-state index in [1.54, 1.807) is 38.6 Å². The Morgan fingerprint density at radius 1 is 1.27 bits per heavy atom. The van der Waals surface area contributed by atoms with Crippen LogP contribution in [0.3, 0.4) is 0 Å². The van der Waals surface area contributed by atoms with Gasteiger partial charge in [-0.25, -0.2) is 4.98 Å².